The van der Waals surface area contributed by atoms with Gasteiger partial charge in [0.2, 0.25) is 0 Å². The summed E-state index contributed by atoms with van der Waals surface area (Å²) in [5, 5.41) is 13.8. The molecule has 3 N–H and O–H groups in total. The van der Waals surface area contributed by atoms with Crippen LogP contribution in [0.3, 0.4) is 0 Å². The maximum Gasteiger partial charge on any atom is 0.162 e. The second kappa shape index (κ2) is 8.34. The van der Waals surface area contributed by atoms with Gasteiger partial charge in [-0.25, -0.2) is 9.50 Å². The molecule has 0 aliphatic carbocycles. The van der Waals surface area contributed by atoms with Crippen LogP contribution in [0.1, 0.15) is 13.8 Å². The van der Waals surface area contributed by atoms with Crippen molar-refractivity contribution >= 4 is 23.3 Å². The first-order valence-corrected chi connectivity index (χ1v) is 11.4. The minimum absolute atomic E-state index is 0.478. The summed E-state index contributed by atoms with van der Waals surface area (Å²) >= 11 is 1.24. The van der Waals surface area contributed by atoms with E-state index in [-0.39, 0.29) is 0 Å². The Morgan fingerprint density at radius 1 is 0.968 bits per heavy atom. The molecule has 2 unspecified atom stereocenters. The largest absolute Gasteiger partial charge is 0.364 e. The van der Waals surface area contributed by atoms with E-state index >= 15 is 0 Å². The summed E-state index contributed by atoms with van der Waals surface area (Å²) in [7, 11) is 0. The van der Waals surface area contributed by atoms with Gasteiger partial charge >= 0.3 is 0 Å². The molecule has 1 aliphatic heterocycles. The Kier molecular flexibility index (Phi) is 5.40. The first kappa shape index (κ1) is 20.1. The molecule has 6 nitrogen and oxygen atoms in total. The lowest BCUT2D eigenvalue weighted by Gasteiger charge is -2.41. The van der Waals surface area contributed by atoms with E-state index in [1.165, 1.54) is 17.6 Å². The summed E-state index contributed by atoms with van der Waals surface area (Å²) < 4.78 is 1.85. The predicted molar refractivity (Wildman–Crippen MR) is 128 cm³/mol. The highest BCUT2D eigenvalue weighted by Crippen LogP contribution is 2.29. The van der Waals surface area contributed by atoms with Crippen molar-refractivity contribution in [2.45, 2.75) is 30.8 Å². The van der Waals surface area contributed by atoms with Gasteiger partial charge in [0.05, 0.1) is 6.20 Å². The van der Waals surface area contributed by atoms with E-state index in [0.717, 1.165) is 45.9 Å². The summed E-state index contributed by atoms with van der Waals surface area (Å²) in [6.07, 6.45) is 5.83. The minimum atomic E-state index is 0.478. The molecular weight excluding hydrogens is 404 g/mol. The SMILES string of the molecule is CC1CNCC(C)N1c1ccc(-c2cnc3c(-c4cccc(SN)c4)cnn3c2)cc1. The molecule has 0 bridgehead atoms. The fourth-order valence-corrected chi connectivity index (χ4v) is 4.78. The molecule has 0 spiro atoms. The topological polar surface area (TPSA) is 71.5 Å². The van der Waals surface area contributed by atoms with Crippen molar-refractivity contribution in [3.05, 3.63) is 67.1 Å². The molecule has 0 radical (unpaired) electrons. The van der Waals surface area contributed by atoms with Crippen LogP contribution in [0.15, 0.2) is 72.0 Å². The van der Waals surface area contributed by atoms with Gasteiger partial charge < -0.3 is 10.2 Å². The lowest BCUT2D eigenvalue weighted by molar-refractivity contribution is 0.432. The molecule has 1 fully saturated rings. The minimum Gasteiger partial charge on any atom is -0.364 e. The first-order valence-electron chi connectivity index (χ1n) is 10.5. The van der Waals surface area contributed by atoms with Gasteiger partial charge in [-0.1, -0.05) is 24.3 Å². The van der Waals surface area contributed by atoms with Crippen molar-refractivity contribution < 1.29 is 0 Å². The molecule has 1 aliphatic rings. The van der Waals surface area contributed by atoms with Gasteiger partial charge in [0, 0.05) is 59.3 Å². The molecule has 2 aromatic heterocycles. The Hall–Kier alpha value is -2.87. The van der Waals surface area contributed by atoms with E-state index in [1.807, 2.05) is 35.2 Å². The number of benzene rings is 2. The lowest BCUT2D eigenvalue weighted by Crippen LogP contribution is -2.55. The average Bonchev–Trinajstić information content (AvgIpc) is 3.23. The molecule has 3 heterocycles. The zero-order chi connectivity index (χ0) is 21.4. The quantitative estimate of drug-likeness (QED) is 0.473. The van der Waals surface area contributed by atoms with Gasteiger partial charge in [-0.15, -0.1) is 0 Å². The van der Waals surface area contributed by atoms with Crippen LogP contribution < -0.4 is 15.4 Å². The number of anilines is 1. The van der Waals surface area contributed by atoms with Crippen LogP contribution in [0.2, 0.25) is 0 Å². The lowest BCUT2D eigenvalue weighted by atomic mass is 10.0. The molecule has 31 heavy (non-hydrogen) atoms. The molecule has 7 heteroatoms. The third-order valence-corrected chi connectivity index (χ3v) is 6.49. The highest BCUT2D eigenvalue weighted by Gasteiger charge is 2.24. The second-order valence-electron chi connectivity index (χ2n) is 8.13. The maximum absolute atomic E-state index is 5.72. The molecule has 0 amide bonds. The van der Waals surface area contributed by atoms with Crippen LogP contribution in [-0.4, -0.2) is 39.8 Å². The van der Waals surface area contributed by atoms with E-state index in [4.69, 9.17) is 10.1 Å². The summed E-state index contributed by atoms with van der Waals surface area (Å²) in [6.45, 7) is 6.57. The van der Waals surface area contributed by atoms with E-state index in [2.05, 4.69) is 65.6 Å². The first-order chi connectivity index (χ1) is 15.1. The van der Waals surface area contributed by atoms with Gasteiger partial charge in [-0.05, 0) is 61.2 Å². The van der Waals surface area contributed by atoms with Crippen LogP contribution >= 0.6 is 11.9 Å². The summed E-state index contributed by atoms with van der Waals surface area (Å²) in [4.78, 5) is 8.24. The number of aromatic nitrogens is 3. The Morgan fingerprint density at radius 2 is 1.74 bits per heavy atom. The third kappa shape index (κ3) is 3.80. The summed E-state index contributed by atoms with van der Waals surface area (Å²) in [5.74, 6) is 0. The number of fused-ring (bicyclic) bond motifs is 1. The predicted octanol–water partition coefficient (Wildman–Crippen LogP) is 4.22. The Labute approximate surface area is 186 Å². The van der Waals surface area contributed by atoms with Gasteiger partial charge in [0.25, 0.3) is 0 Å². The highest BCUT2D eigenvalue weighted by atomic mass is 32.2. The fourth-order valence-electron chi connectivity index (χ4n) is 4.43. The van der Waals surface area contributed by atoms with Gasteiger partial charge in [0.1, 0.15) is 0 Å². The summed E-state index contributed by atoms with van der Waals surface area (Å²) in [6, 6.07) is 17.8. The Bertz CT molecular complexity index is 1190. The van der Waals surface area contributed by atoms with Crippen LogP contribution in [0.25, 0.3) is 27.9 Å². The van der Waals surface area contributed by atoms with E-state index < -0.39 is 0 Å². The molecule has 5 rings (SSSR count). The number of nitrogens with two attached hydrogens (primary N) is 1. The van der Waals surface area contributed by atoms with Crippen molar-refractivity contribution in [3.8, 4) is 22.3 Å². The number of nitrogens with zero attached hydrogens (tertiary/aromatic N) is 4. The summed E-state index contributed by atoms with van der Waals surface area (Å²) in [5.41, 5.74) is 6.34. The third-order valence-electron chi connectivity index (χ3n) is 5.97. The molecule has 2 atom stereocenters. The smallest absolute Gasteiger partial charge is 0.162 e. The zero-order valence-corrected chi connectivity index (χ0v) is 18.5. The standard InChI is InChI=1S/C24H26N6S/c1-16-11-26-12-17(2)30(16)21-8-6-18(7-9-21)20-13-27-24-23(14-28-29(24)15-20)19-4-3-5-22(10-19)31-25/h3-10,13-17,26H,11-12,25H2,1-2H3. The van der Waals surface area contributed by atoms with Gasteiger partial charge in [0.15, 0.2) is 5.65 Å². The number of rotatable bonds is 4. The molecule has 2 aromatic carbocycles. The molecule has 4 aromatic rings. The highest BCUT2D eigenvalue weighted by molar-refractivity contribution is 7.97. The number of nitrogens with one attached hydrogen (secondary N) is 1. The van der Waals surface area contributed by atoms with Crippen molar-refractivity contribution in [2.24, 2.45) is 5.14 Å². The number of piperazine rings is 1. The van der Waals surface area contributed by atoms with Crippen molar-refractivity contribution in [3.63, 3.8) is 0 Å². The van der Waals surface area contributed by atoms with Gasteiger partial charge in [-0.2, -0.15) is 5.10 Å². The Balaban J connectivity index is 1.44. The van der Waals surface area contributed by atoms with E-state index in [0.29, 0.717) is 12.1 Å². The molecular formula is C24H26N6S. The van der Waals surface area contributed by atoms with Crippen molar-refractivity contribution in [1.82, 2.24) is 19.9 Å². The van der Waals surface area contributed by atoms with Crippen molar-refractivity contribution in [2.75, 3.05) is 18.0 Å². The van der Waals surface area contributed by atoms with Crippen molar-refractivity contribution in [1.29, 1.82) is 0 Å². The normalized spacial score (nSPS) is 19.1. The van der Waals surface area contributed by atoms with E-state index in [9.17, 15) is 0 Å². The fraction of sp³-hybridized carbons (Fsp3) is 0.250. The average molecular weight is 431 g/mol. The Morgan fingerprint density at radius 3 is 2.48 bits per heavy atom. The monoisotopic (exact) mass is 430 g/mol. The number of hydrogen-bond donors (Lipinski definition) is 2. The molecule has 0 saturated carbocycles. The maximum atomic E-state index is 5.72. The second-order valence-corrected chi connectivity index (χ2v) is 8.83. The zero-order valence-electron chi connectivity index (χ0n) is 17.7. The van der Waals surface area contributed by atoms with E-state index in [1.54, 1.807) is 0 Å². The number of hydrogen-bond acceptors (Lipinski definition) is 6. The molecule has 158 valence electrons. The van der Waals surface area contributed by atoms with Crippen LogP contribution in [0, 0.1) is 0 Å². The van der Waals surface area contributed by atoms with Gasteiger partial charge in [-0.3, -0.25) is 5.14 Å². The molecule has 1 saturated heterocycles. The van der Waals surface area contributed by atoms with Crippen LogP contribution in [0.5, 0.6) is 0 Å². The van der Waals surface area contributed by atoms with Crippen LogP contribution in [0.4, 0.5) is 5.69 Å². The van der Waals surface area contributed by atoms with Crippen LogP contribution in [-0.2, 0) is 0 Å².